The van der Waals surface area contributed by atoms with Crippen LogP contribution in [0.25, 0.3) is 0 Å². The second-order valence-electron chi connectivity index (χ2n) is 12.9. The first-order valence-corrected chi connectivity index (χ1v) is 15.9. The van der Waals surface area contributed by atoms with E-state index in [1.807, 2.05) is 80.6 Å². The number of rotatable bonds is 7. The van der Waals surface area contributed by atoms with Crippen LogP contribution in [0.1, 0.15) is 48.8 Å². The lowest BCUT2D eigenvalue weighted by Gasteiger charge is -2.50. The summed E-state index contributed by atoms with van der Waals surface area (Å²) in [5, 5.41) is 12.1. The molecule has 3 fully saturated rings. The number of allylic oxidation sites excluding steroid dienone is 2. The predicted molar refractivity (Wildman–Crippen MR) is 170 cm³/mol. The number of carbonyl (C=O) groups excluding carboxylic acids is 4. The van der Waals surface area contributed by atoms with Crippen LogP contribution in [0.15, 0.2) is 84.4 Å². The van der Waals surface area contributed by atoms with E-state index < -0.39 is 40.9 Å². The highest BCUT2D eigenvalue weighted by Crippen LogP contribution is 2.64. The van der Waals surface area contributed by atoms with E-state index in [1.54, 1.807) is 12.1 Å². The Hall–Kier alpha value is -4.92. The number of likely N-dealkylation sites (tertiary alicyclic amines) is 1. The first-order valence-electron chi connectivity index (χ1n) is 15.9. The summed E-state index contributed by atoms with van der Waals surface area (Å²) in [4.78, 5) is 58.5. The minimum Gasteiger partial charge on any atom is -0.504 e. The average molecular weight is 620 g/mol. The van der Waals surface area contributed by atoms with Crippen molar-refractivity contribution in [1.82, 2.24) is 9.91 Å². The Balaban J connectivity index is 1.45. The number of hydrazine groups is 1. The van der Waals surface area contributed by atoms with Crippen molar-refractivity contribution in [3.05, 3.63) is 101 Å². The van der Waals surface area contributed by atoms with E-state index in [-0.39, 0.29) is 35.6 Å². The fourth-order valence-electron chi connectivity index (χ4n) is 8.52. The maximum absolute atomic E-state index is 15.1. The number of phenols is 1. The number of phenolic OH excluding ortho intramolecular Hbond substituents is 1. The number of aromatic hydroxyl groups is 1. The molecule has 236 valence electrons. The average Bonchev–Trinajstić information content (AvgIpc) is 3.43. The number of hydrogen-bond donors (Lipinski definition) is 2. The lowest BCUT2D eigenvalue weighted by Crippen LogP contribution is -2.53. The highest BCUT2D eigenvalue weighted by atomic mass is 16.5. The van der Waals surface area contributed by atoms with Gasteiger partial charge in [-0.1, -0.05) is 72.7 Å². The van der Waals surface area contributed by atoms with Gasteiger partial charge in [0.1, 0.15) is 0 Å². The van der Waals surface area contributed by atoms with Crippen LogP contribution < -0.4 is 10.2 Å². The topological polar surface area (TPSA) is 116 Å². The number of nitrogens with zero attached hydrogens (tertiary/aromatic N) is 2. The zero-order valence-corrected chi connectivity index (χ0v) is 26.1. The zero-order valence-electron chi connectivity index (χ0n) is 26.1. The highest BCUT2D eigenvalue weighted by Gasteiger charge is 2.70. The van der Waals surface area contributed by atoms with Gasteiger partial charge in [-0.3, -0.25) is 29.5 Å². The van der Waals surface area contributed by atoms with Gasteiger partial charge in [0.15, 0.2) is 11.5 Å². The number of hydrogen-bond acceptors (Lipinski definition) is 7. The van der Waals surface area contributed by atoms with Gasteiger partial charge in [-0.15, -0.1) is 0 Å². The number of nitrogens with one attached hydrogen (secondary N) is 1. The van der Waals surface area contributed by atoms with Gasteiger partial charge in [0.2, 0.25) is 11.8 Å². The Morgan fingerprint density at radius 2 is 1.67 bits per heavy atom. The third kappa shape index (κ3) is 4.21. The number of fused-ring (bicyclic) bond motifs is 4. The first kappa shape index (κ1) is 29.8. The fourth-order valence-corrected chi connectivity index (χ4v) is 8.52. The van der Waals surface area contributed by atoms with Gasteiger partial charge in [-0.05, 0) is 67.5 Å². The molecule has 9 heteroatoms. The molecular formula is C37H37N3O6. The molecule has 2 aliphatic carbocycles. The molecule has 9 nitrogen and oxygen atoms in total. The van der Waals surface area contributed by atoms with Gasteiger partial charge >= 0.3 is 0 Å². The molecule has 2 heterocycles. The third-order valence-electron chi connectivity index (χ3n) is 10.5. The van der Waals surface area contributed by atoms with E-state index >= 15 is 4.79 Å². The summed E-state index contributed by atoms with van der Waals surface area (Å²) in [5.41, 5.74) is 5.50. The Bertz CT molecular complexity index is 1770. The SMILES string of the molecule is CCCN1C(=O)C2CC=C3C(CC4C(=O)N(Nc5ccc(C)cc5)C(=O)C4(c4ccccc4)C3c3ccc(OC)c(O)c3)C2C1=O. The van der Waals surface area contributed by atoms with Gasteiger partial charge < -0.3 is 9.84 Å². The van der Waals surface area contributed by atoms with Crippen LogP contribution >= 0.6 is 0 Å². The van der Waals surface area contributed by atoms with Crippen LogP contribution in [0.4, 0.5) is 5.69 Å². The molecule has 3 aromatic rings. The monoisotopic (exact) mass is 619 g/mol. The van der Waals surface area contributed by atoms with E-state index in [4.69, 9.17) is 4.74 Å². The predicted octanol–water partition coefficient (Wildman–Crippen LogP) is 5.10. The quantitative estimate of drug-likeness (QED) is 0.279. The number of ether oxygens (including phenoxy) is 1. The van der Waals surface area contributed by atoms with E-state index in [2.05, 4.69) is 5.43 Å². The van der Waals surface area contributed by atoms with Crippen molar-refractivity contribution < 1.29 is 29.0 Å². The van der Waals surface area contributed by atoms with E-state index in [1.165, 1.54) is 12.0 Å². The summed E-state index contributed by atoms with van der Waals surface area (Å²) in [6, 6.07) is 21.9. The van der Waals surface area contributed by atoms with Crippen molar-refractivity contribution in [2.24, 2.45) is 23.7 Å². The van der Waals surface area contributed by atoms with Crippen molar-refractivity contribution in [3.63, 3.8) is 0 Å². The molecule has 0 bridgehead atoms. The number of imide groups is 2. The number of anilines is 1. The van der Waals surface area contributed by atoms with Crippen LogP contribution in [-0.2, 0) is 24.6 Å². The number of carbonyl (C=O) groups is 4. The second kappa shape index (κ2) is 11.2. The zero-order chi connectivity index (χ0) is 32.3. The number of aryl methyl sites for hydroxylation is 1. The minimum absolute atomic E-state index is 0.0937. The maximum atomic E-state index is 15.1. The molecule has 0 radical (unpaired) electrons. The number of benzene rings is 3. The maximum Gasteiger partial charge on any atom is 0.260 e. The van der Waals surface area contributed by atoms with E-state index in [0.717, 1.165) is 16.1 Å². The van der Waals surface area contributed by atoms with Crippen LogP contribution in [0, 0.1) is 30.6 Å². The van der Waals surface area contributed by atoms with Gasteiger partial charge in [-0.25, -0.2) is 0 Å². The van der Waals surface area contributed by atoms with Gasteiger partial charge in [0.25, 0.3) is 11.8 Å². The van der Waals surface area contributed by atoms with Crippen LogP contribution in [0.2, 0.25) is 0 Å². The largest absolute Gasteiger partial charge is 0.504 e. The van der Waals surface area contributed by atoms with Crippen LogP contribution in [0.3, 0.4) is 0 Å². The first-order chi connectivity index (χ1) is 22.2. The molecule has 6 unspecified atom stereocenters. The lowest BCUT2D eigenvalue weighted by atomic mass is 9.49. The van der Waals surface area contributed by atoms with Crippen LogP contribution in [0.5, 0.6) is 11.5 Å². The third-order valence-corrected chi connectivity index (χ3v) is 10.5. The molecule has 4 aliphatic rings. The summed E-state index contributed by atoms with van der Waals surface area (Å²) < 4.78 is 5.35. The lowest BCUT2D eigenvalue weighted by molar-refractivity contribution is -0.141. The summed E-state index contributed by atoms with van der Waals surface area (Å²) >= 11 is 0. The second-order valence-corrected chi connectivity index (χ2v) is 12.9. The highest BCUT2D eigenvalue weighted by molar-refractivity contribution is 6.13. The summed E-state index contributed by atoms with van der Waals surface area (Å²) in [6.07, 6.45) is 3.27. The van der Waals surface area contributed by atoms with Crippen molar-refractivity contribution in [3.8, 4) is 11.5 Å². The normalized spacial score (nSPS) is 28.5. The molecule has 2 saturated heterocycles. The van der Waals surface area contributed by atoms with Crippen molar-refractivity contribution in [2.75, 3.05) is 19.1 Å². The molecule has 1 saturated carbocycles. The molecular weight excluding hydrogens is 582 g/mol. The Morgan fingerprint density at radius 1 is 0.935 bits per heavy atom. The molecule has 4 amide bonds. The van der Waals surface area contributed by atoms with Crippen molar-refractivity contribution in [1.29, 1.82) is 0 Å². The smallest absolute Gasteiger partial charge is 0.260 e. The minimum atomic E-state index is -1.39. The van der Waals surface area contributed by atoms with Gasteiger partial charge in [-0.2, -0.15) is 5.01 Å². The van der Waals surface area contributed by atoms with Crippen molar-refractivity contribution in [2.45, 2.75) is 44.4 Å². The van der Waals surface area contributed by atoms with Gasteiger partial charge in [0, 0.05) is 12.5 Å². The summed E-state index contributed by atoms with van der Waals surface area (Å²) in [6.45, 7) is 4.25. The number of methoxy groups -OCH3 is 1. The Kier molecular flexibility index (Phi) is 7.22. The molecule has 2 aliphatic heterocycles. The van der Waals surface area contributed by atoms with E-state index in [0.29, 0.717) is 36.2 Å². The fraction of sp³-hybridized carbons (Fsp3) is 0.351. The molecule has 0 spiro atoms. The Labute approximate surface area is 267 Å². The molecule has 2 N–H and O–H groups in total. The molecule has 7 rings (SSSR count). The molecule has 0 aromatic heterocycles. The van der Waals surface area contributed by atoms with E-state index in [9.17, 15) is 19.5 Å². The molecule has 46 heavy (non-hydrogen) atoms. The number of amides is 4. The molecule has 6 atom stereocenters. The van der Waals surface area contributed by atoms with Crippen LogP contribution in [-0.4, -0.2) is 52.3 Å². The molecule has 3 aromatic carbocycles. The summed E-state index contributed by atoms with van der Waals surface area (Å²) in [5.74, 6) is -4.10. The Morgan fingerprint density at radius 3 is 2.35 bits per heavy atom. The summed E-state index contributed by atoms with van der Waals surface area (Å²) in [7, 11) is 1.47. The van der Waals surface area contributed by atoms with Gasteiger partial charge in [0.05, 0.1) is 36.0 Å². The standard InChI is InChI=1S/C37H37N3O6/c1-4-18-39-33(42)26-16-15-25-27(31(26)35(39)44)20-28-34(43)40(38-24-13-10-21(2)11-14-24)36(45)37(28,23-8-6-5-7-9-23)32(25)22-12-17-30(46-3)29(41)19-22/h5-15,17,19,26-28,31-32,38,41H,4,16,18,20H2,1-3H3. The van der Waals surface area contributed by atoms with Crippen molar-refractivity contribution >= 4 is 29.3 Å².